The van der Waals surface area contributed by atoms with Gasteiger partial charge in [0.05, 0.1) is 11.0 Å². The first-order chi connectivity index (χ1) is 10.6. The van der Waals surface area contributed by atoms with Gasteiger partial charge in [-0.25, -0.2) is 4.98 Å². The highest BCUT2D eigenvalue weighted by Crippen LogP contribution is 2.14. The van der Waals surface area contributed by atoms with Gasteiger partial charge in [0.2, 0.25) is 0 Å². The summed E-state index contributed by atoms with van der Waals surface area (Å²) in [5.74, 6) is 0.754. The molecule has 0 spiro atoms. The number of hydrogen-bond acceptors (Lipinski definition) is 2. The number of hydrogen-bond donors (Lipinski definition) is 2. The van der Waals surface area contributed by atoms with E-state index in [0.717, 1.165) is 28.8 Å². The third-order valence-corrected chi connectivity index (χ3v) is 3.69. The van der Waals surface area contributed by atoms with Gasteiger partial charge in [0.15, 0.2) is 0 Å². The molecule has 5 heteroatoms. The van der Waals surface area contributed by atoms with E-state index in [1.54, 1.807) is 6.07 Å². The van der Waals surface area contributed by atoms with Crippen molar-refractivity contribution in [3.05, 3.63) is 64.4 Å². The third-order valence-electron chi connectivity index (χ3n) is 3.45. The van der Waals surface area contributed by atoms with Crippen LogP contribution in [0.3, 0.4) is 0 Å². The maximum atomic E-state index is 12.2. The Morgan fingerprint density at radius 1 is 1.27 bits per heavy atom. The van der Waals surface area contributed by atoms with Gasteiger partial charge in [-0.15, -0.1) is 0 Å². The van der Waals surface area contributed by atoms with E-state index < -0.39 is 0 Å². The van der Waals surface area contributed by atoms with Crippen molar-refractivity contribution in [2.45, 2.75) is 13.3 Å². The van der Waals surface area contributed by atoms with Crippen LogP contribution in [0.2, 0.25) is 5.02 Å². The van der Waals surface area contributed by atoms with Crippen molar-refractivity contribution in [1.82, 2.24) is 15.3 Å². The molecule has 0 unspecified atom stereocenters. The molecule has 4 nitrogen and oxygen atoms in total. The second kappa shape index (κ2) is 6.20. The Kier molecular flexibility index (Phi) is 4.11. The van der Waals surface area contributed by atoms with Gasteiger partial charge in [-0.3, -0.25) is 4.79 Å². The summed E-state index contributed by atoms with van der Waals surface area (Å²) in [5.41, 5.74) is 3.47. The molecule has 2 aromatic carbocycles. The topological polar surface area (TPSA) is 57.8 Å². The monoisotopic (exact) mass is 313 g/mol. The summed E-state index contributed by atoms with van der Waals surface area (Å²) in [6.07, 6.45) is 0.748. The molecule has 3 rings (SSSR count). The van der Waals surface area contributed by atoms with Crippen LogP contribution in [0.1, 0.15) is 21.7 Å². The number of rotatable bonds is 4. The van der Waals surface area contributed by atoms with E-state index in [-0.39, 0.29) is 5.91 Å². The molecule has 3 aromatic rings. The molecular weight excluding hydrogens is 298 g/mol. The molecule has 0 radical (unpaired) electrons. The van der Waals surface area contributed by atoms with Gasteiger partial charge in [-0.1, -0.05) is 23.7 Å². The normalized spacial score (nSPS) is 10.8. The third kappa shape index (κ3) is 3.28. The van der Waals surface area contributed by atoms with E-state index in [0.29, 0.717) is 17.1 Å². The number of imidazole rings is 1. The number of aryl methyl sites for hydroxylation is 1. The van der Waals surface area contributed by atoms with Crippen LogP contribution in [-0.2, 0) is 6.42 Å². The van der Waals surface area contributed by atoms with Crippen LogP contribution in [-0.4, -0.2) is 22.4 Å². The summed E-state index contributed by atoms with van der Waals surface area (Å²) in [4.78, 5) is 19.6. The van der Waals surface area contributed by atoms with Crippen molar-refractivity contribution in [2.24, 2.45) is 0 Å². The van der Waals surface area contributed by atoms with Crippen LogP contribution >= 0.6 is 11.6 Å². The van der Waals surface area contributed by atoms with Gasteiger partial charge >= 0.3 is 0 Å². The van der Waals surface area contributed by atoms with Crippen LogP contribution in [0, 0.1) is 6.92 Å². The molecule has 0 fully saturated rings. The van der Waals surface area contributed by atoms with E-state index in [1.165, 1.54) is 0 Å². The zero-order valence-corrected chi connectivity index (χ0v) is 12.9. The van der Waals surface area contributed by atoms with Gasteiger partial charge < -0.3 is 10.3 Å². The molecule has 0 atom stereocenters. The van der Waals surface area contributed by atoms with Gasteiger partial charge in [-0.2, -0.15) is 0 Å². The molecule has 1 amide bonds. The minimum atomic E-state index is -0.0869. The second-order valence-electron chi connectivity index (χ2n) is 5.19. The smallest absolute Gasteiger partial charge is 0.251 e. The number of aromatic nitrogens is 2. The van der Waals surface area contributed by atoms with Crippen molar-refractivity contribution in [2.75, 3.05) is 6.54 Å². The lowest BCUT2D eigenvalue weighted by Crippen LogP contribution is -2.25. The van der Waals surface area contributed by atoms with E-state index in [2.05, 4.69) is 15.3 Å². The molecule has 22 heavy (non-hydrogen) atoms. The minimum absolute atomic E-state index is 0.0869. The lowest BCUT2D eigenvalue weighted by atomic mass is 10.1. The Morgan fingerprint density at radius 3 is 2.95 bits per heavy atom. The first kappa shape index (κ1) is 14.6. The van der Waals surface area contributed by atoms with E-state index in [4.69, 9.17) is 11.6 Å². The summed E-state index contributed by atoms with van der Waals surface area (Å²) in [5, 5.41) is 3.63. The van der Waals surface area contributed by atoms with Crippen molar-refractivity contribution < 1.29 is 4.79 Å². The molecular formula is C17H16ClN3O. The average Bonchev–Trinajstić information content (AvgIpc) is 2.86. The van der Waals surface area contributed by atoms with Crippen LogP contribution < -0.4 is 5.32 Å². The van der Waals surface area contributed by atoms with Gasteiger partial charge in [0, 0.05) is 17.1 Å². The molecule has 0 bridgehead atoms. The quantitative estimate of drug-likeness (QED) is 0.774. The SMILES string of the molecule is Cc1nc2ccc(C(=O)NCCc3cccc(Cl)c3)cc2[nH]1. The van der Waals surface area contributed by atoms with Crippen molar-refractivity contribution in [3.63, 3.8) is 0 Å². The lowest BCUT2D eigenvalue weighted by molar-refractivity contribution is 0.0954. The fourth-order valence-electron chi connectivity index (χ4n) is 2.39. The number of H-pyrrole nitrogens is 1. The molecule has 0 aliphatic rings. The highest BCUT2D eigenvalue weighted by molar-refractivity contribution is 6.30. The number of carbonyl (C=O) groups is 1. The number of carbonyl (C=O) groups excluding carboxylic acids is 1. The summed E-state index contributed by atoms with van der Waals surface area (Å²) >= 11 is 5.94. The van der Waals surface area contributed by atoms with Gasteiger partial charge in [-0.05, 0) is 49.2 Å². The first-order valence-corrected chi connectivity index (χ1v) is 7.48. The Morgan fingerprint density at radius 2 is 2.14 bits per heavy atom. The minimum Gasteiger partial charge on any atom is -0.352 e. The van der Waals surface area contributed by atoms with Gasteiger partial charge in [0.25, 0.3) is 5.91 Å². The standard InChI is InChI=1S/C17H16ClN3O/c1-11-20-15-6-5-13(10-16(15)21-11)17(22)19-8-7-12-3-2-4-14(18)9-12/h2-6,9-10H,7-8H2,1H3,(H,19,22)(H,20,21). The fourth-order valence-corrected chi connectivity index (χ4v) is 2.61. The van der Waals surface area contributed by atoms with Crippen LogP contribution in [0.25, 0.3) is 11.0 Å². The summed E-state index contributed by atoms with van der Waals surface area (Å²) in [7, 11) is 0. The van der Waals surface area contributed by atoms with Crippen LogP contribution in [0.4, 0.5) is 0 Å². The molecule has 0 saturated carbocycles. The summed E-state index contributed by atoms with van der Waals surface area (Å²) in [6.45, 7) is 2.46. The van der Waals surface area contributed by atoms with Gasteiger partial charge in [0.1, 0.15) is 5.82 Å². The maximum absolute atomic E-state index is 12.2. The molecule has 2 N–H and O–H groups in total. The van der Waals surface area contributed by atoms with Crippen molar-refractivity contribution in [3.8, 4) is 0 Å². The van der Waals surface area contributed by atoms with E-state index in [9.17, 15) is 4.79 Å². The fraction of sp³-hybridized carbons (Fsp3) is 0.176. The van der Waals surface area contributed by atoms with E-state index >= 15 is 0 Å². The number of nitrogens with one attached hydrogen (secondary N) is 2. The summed E-state index contributed by atoms with van der Waals surface area (Å²) < 4.78 is 0. The molecule has 0 aliphatic carbocycles. The molecule has 0 aliphatic heterocycles. The number of amides is 1. The average molecular weight is 314 g/mol. The Bertz CT molecular complexity index is 826. The number of fused-ring (bicyclic) bond motifs is 1. The molecule has 1 aromatic heterocycles. The maximum Gasteiger partial charge on any atom is 0.251 e. The number of nitrogens with zero attached hydrogens (tertiary/aromatic N) is 1. The highest BCUT2D eigenvalue weighted by Gasteiger charge is 2.07. The van der Waals surface area contributed by atoms with Crippen LogP contribution in [0.5, 0.6) is 0 Å². The van der Waals surface area contributed by atoms with Crippen molar-refractivity contribution in [1.29, 1.82) is 0 Å². The molecule has 0 saturated heterocycles. The zero-order chi connectivity index (χ0) is 15.5. The Labute approximate surface area is 133 Å². The number of halogens is 1. The Hall–Kier alpha value is -2.33. The molecule has 112 valence electrons. The van der Waals surface area contributed by atoms with E-state index in [1.807, 2.05) is 43.3 Å². The first-order valence-electron chi connectivity index (χ1n) is 7.11. The highest BCUT2D eigenvalue weighted by atomic mass is 35.5. The number of benzene rings is 2. The van der Waals surface area contributed by atoms with Crippen LogP contribution in [0.15, 0.2) is 42.5 Å². The predicted octanol–water partition coefficient (Wildman–Crippen LogP) is 3.50. The second-order valence-corrected chi connectivity index (χ2v) is 5.63. The summed E-state index contributed by atoms with van der Waals surface area (Å²) in [6, 6.07) is 13.1. The Balaban J connectivity index is 1.63. The predicted molar refractivity (Wildman–Crippen MR) is 88.3 cm³/mol. The molecule has 1 heterocycles. The zero-order valence-electron chi connectivity index (χ0n) is 12.2. The largest absolute Gasteiger partial charge is 0.352 e. The van der Waals surface area contributed by atoms with Crippen molar-refractivity contribution >= 4 is 28.5 Å². The lowest BCUT2D eigenvalue weighted by Gasteiger charge is -2.06. The number of aromatic amines is 1.